The van der Waals surface area contributed by atoms with Crippen molar-refractivity contribution < 1.29 is 24.3 Å². The smallest absolute Gasteiger partial charge is 0.356 e. The molecule has 1 aromatic rings. The minimum Gasteiger partial charge on any atom is -0.382 e. The van der Waals surface area contributed by atoms with E-state index in [1.54, 1.807) is 0 Å². The van der Waals surface area contributed by atoms with Gasteiger partial charge in [-0.25, -0.2) is 0 Å². The molecule has 6 heteroatoms. The molecule has 0 aliphatic heterocycles. The van der Waals surface area contributed by atoms with E-state index in [4.69, 9.17) is 9.79 Å². The van der Waals surface area contributed by atoms with Crippen LogP contribution in [0.3, 0.4) is 0 Å². The lowest BCUT2D eigenvalue weighted by Gasteiger charge is -2.20. The minimum absolute atomic E-state index is 0.0549. The molecule has 0 fully saturated rings. The van der Waals surface area contributed by atoms with Gasteiger partial charge in [0.05, 0.1) is 5.30 Å². The summed E-state index contributed by atoms with van der Waals surface area (Å²) in [7, 11) is -4.26. The molecule has 0 amide bonds. The van der Waals surface area contributed by atoms with E-state index in [9.17, 15) is 14.5 Å². The molecule has 0 bridgehead atoms. The van der Waals surface area contributed by atoms with Crippen LogP contribution in [0.4, 0.5) is 0 Å². The Morgan fingerprint density at radius 3 is 2.28 bits per heavy atom. The van der Waals surface area contributed by atoms with Crippen molar-refractivity contribution in [2.45, 2.75) is 18.9 Å². The maximum atomic E-state index is 11.4. The third-order valence-corrected chi connectivity index (χ3v) is 3.51. The monoisotopic (exact) mass is 270 g/mol. The second-order valence-corrected chi connectivity index (χ2v) is 5.83. The number of hydrogen-bond donors (Lipinski definition) is 3. The fraction of sp³-hybridized carbons (Fsp3) is 0.250. The molecule has 1 unspecified atom stereocenters. The first-order valence-corrected chi connectivity index (χ1v) is 6.82. The molecule has 0 aliphatic carbocycles. The summed E-state index contributed by atoms with van der Waals surface area (Å²) in [5.41, 5.74) is -0.960. The highest BCUT2D eigenvalue weighted by Crippen LogP contribution is 2.33. The second kappa shape index (κ2) is 5.16. The van der Waals surface area contributed by atoms with Crippen LogP contribution in [0.25, 0.3) is 0 Å². The topological polar surface area (TPSA) is 94.8 Å². The third-order valence-electron chi connectivity index (χ3n) is 2.54. The summed E-state index contributed by atoms with van der Waals surface area (Å²) >= 11 is 0. The molecule has 1 rings (SSSR count). The van der Waals surface area contributed by atoms with Crippen molar-refractivity contribution in [2.24, 2.45) is 0 Å². The van der Waals surface area contributed by atoms with Gasteiger partial charge in [0.1, 0.15) is 5.60 Å². The number of ketones is 1. The second-order valence-electron chi connectivity index (χ2n) is 4.23. The normalized spacial score (nSPS) is 14.9. The van der Waals surface area contributed by atoms with Gasteiger partial charge in [0, 0.05) is 6.42 Å². The van der Waals surface area contributed by atoms with Gasteiger partial charge < -0.3 is 14.9 Å². The summed E-state index contributed by atoms with van der Waals surface area (Å²) in [6.07, 6.45) is 1.10. The number of aliphatic hydroxyl groups is 1. The van der Waals surface area contributed by atoms with E-state index in [0.717, 1.165) is 6.08 Å². The lowest BCUT2D eigenvalue weighted by molar-refractivity contribution is -0.130. The summed E-state index contributed by atoms with van der Waals surface area (Å²) in [6, 6.07) is 5.51. The van der Waals surface area contributed by atoms with Crippen molar-refractivity contribution in [1.29, 1.82) is 0 Å². The largest absolute Gasteiger partial charge is 0.382 e. The highest BCUT2D eigenvalue weighted by molar-refractivity contribution is 7.60. The molecule has 1 atom stereocenters. The minimum atomic E-state index is -4.26. The Labute approximate surface area is 105 Å². The molecule has 5 nitrogen and oxygen atoms in total. The Balaban J connectivity index is 2.91. The number of carbonyl (C=O) groups excluding carboxylic acids is 1. The standard InChI is InChI=1S/C12H15O5P/c1-3-11(13)12(2,14)8-9-4-6-10(7-5-9)18(15,16)17/h3-7,14H,1,8H2,2H3,(H2,15,16,17). The van der Waals surface area contributed by atoms with Crippen LogP contribution in [0.2, 0.25) is 0 Å². The predicted octanol–water partition coefficient (Wildman–Crippen LogP) is 0.538. The summed E-state index contributed by atoms with van der Waals surface area (Å²) in [6.45, 7) is 4.67. The molecule has 0 saturated carbocycles. The van der Waals surface area contributed by atoms with Gasteiger partial charge in [-0.1, -0.05) is 18.7 Å². The van der Waals surface area contributed by atoms with Gasteiger partial charge in [0.25, 0.3) is 0 Å². The van der Waals surface area contributed by atoms with Gasteiger partial charge >= 0.3 is 7.60 Å². The van der Waals surface area contributed by atoms with Gasteiger partial charge in [-0.15, -0.1) is 0 Å². The van der Waals surface area contributed by atoms with Gasteiger partial charge in [0.15, 0.2) is 5.78 Å². The van der Waals surface area contributed by atoms with Crippen LogP contribution in [-0.4, -0.2) is 26.3 Å². The van der Waals surface area contributed by atoms with Crippen LogP contribution >= 0.6 is 7.60 Å². The van der Waals surface area contributed by atoms with E-state index in [1.165, 1.54) is 31.2 Å². The summed E-state index contributed by atoms with van der Waals surface area (Å²) in [5, 5.41) is 9.79. The maximum Gasteiger partial charge on any atom is 0.356 e. The van der Waals surface area contributed by atoms with Crippen LogP contribution in [-0.2, 0) is 15.8 Å². The Hall–Kier alpha value is -1.26. The molecule has 0 spiro atoms. The van der Waals surface area contributed by atoms with Gasteiger partial charge in [-0.05, 0) is 30.7 Å². The summed E-state index contributed by atoms with van der Waals surface area (Å²) in [5.74, 6) is -0.499. The molecule has 98 valence electrons. The van der Waals surface area contributed by atoms with Crippen molar-refractivity contribution in [2.75, 3.05) is 0 Å². The van der Waals surface area contributed by atoms with E-state index in [1.807, 2.05) is 0 Å². The van der Waals surface area contributed by atoms with E-state index < -0.39 is 19.0 Å². The number of hydrogen-bond acceptors (Lipinski definition) is 3. The van der Waals surface area contributed by atoms with Crippen LogP contribution in [0.5, 0.6) is 0 Å². The first kappa shape index (κ1) is 14.8. The molecule has 3 N–H and O–H groups in total. The highest BCUT2D eigenvalue weighted by atomic mass is 31.2. The third kappa shape index (κ3) is 3.62. The van der Waals surface area contributed by atoms with Crippen molar-refractivity contribution in [3.8, 4) is 0 Å². The van der Waals surface area contributed by atoms with Crippen LogP contribution in [0, 0.1) is 0 Å². The Bertz CT molecular complexity index is 498. The van der Waals surface area contributed by atoms with E-state index in [-0.39, 0.29) is 11.7 Å². The number of benzene rings is 1. The quantitative estimate of drug-likeness (QED) is 0.536. The zero-order chi connectivity index (χ0) is 14.0. The van der Waals surface area contributed by atoms with Gasteiger partial charge in [-0.3, -0.25) is 9.36 Å². The fourth-order valence-electron chi connectivity index (χ4n) is 1.51. The van der Waals surface area contributed by atoms with Crippen molar-refractivity contribution in [1.82, 2.24) is 0 Å². The van der Waals surface area contributed by atoms with Crippen LogP contribution in [0.1, 0.15) is 12.5 Å². The van der Waals surface area contributed by atoms with E-state index >= 15 is 0 Å². The summed E-state index contributed by atoms with van der Waals surface area (Å²) < 4.78 is 11.0. The lowest BCUT2D eigenvalue weighted by atomic mass is 9.92. The average molecular weight is 270 g/mol. The van der Waals surface area contributed by atoms with Crippen molar-refractivity contribution in [3.63, 3.8) is 0 Å². The Morgan fingerprint density at radius 2 is 1.89 bits per heavy atom. The van der Waals surface area contributed by atoms with Crippen molar-refractivity contribution >= 4 is 18.7 Å². The zero-order valence-corrected chi connectivity index (χ0v) is 10.8. The molecule has 0 radical (unpaired) electrons. The highest BCUT2D eigenvalue weighted by Gasteiger charge is 2.28. The lowest BCUT2D eigenvalue weighted by Crippen LogP contribution is -2.36. The van der Waals surface area contributed by atoms with Crippen LogP contribution in [0.15, 0.2) is 36.9 Å². The molecule has 0 heterocycles. The predicted molar refractivity (Wildman–Crippen MR) is 67.7 cm³/mol. The summed E-state index contributed by atoms with van der Waals surface area (Å²) in [4.78, 5) is 29.2. The van der Waals surface area contributed by atoms with E-state index in [0.29, 0.717) is 5.56 Å². The SMILES string of the molecule is C=CC(=O)C(C)(O)Cc1ccc(P(=O)(O)O)cc1. The molecule has 0 aliphatic rings. The maximum absolute atomic E-state index is 11.4. The van der Waals surface area contributed by atoms with E-state index in [2.05, 4.69) is 6.58 Å². The van der Waals surface area contributed by atoms with Gasteiger partial charge in [0.2, 0.25) is 0 Å². The molecule has 18 heavy (non-hydrogen) atoms. The zero-order valence-electron chi connectivity index (χ0n) is 9.91. The average Bonchev–Trinajstić information content (AvgIpc) is 2.26. The van der Waals surface area contributed by atoms with Crippen molar-refractivity contribution in [3.05, 3.63) is 42.5 Å². The molecule has 0 saturated heterocycles. The van der Waals surface area contributed by atoms with Gasteiger partial charge in [-0.2, -0.15) is 0 Å². The molecule has 0 aromatic heterocycles. The first-order chi connectivity index (χ1) is 8.16. The molecule has 1 aromatic carbocycles. The Kier molecular flexibility index (Phi) is 4.24. The Morgan fingerprint density at radius 1 is 1.39 bits per heavy atom. The molecular weight excluding hydrogens is 255 g/mol. The fourth-order valence-corrected chi connectivity index (χ4v) is 2.05. The number of carbonyl (C=O) groups is 1. The number of rotatable bonds is 5. The molecular formula is C12H15O5P. The van der Waals surface area contributed by atoms with Crippen LogP contribution < -0.4 is 5.30 Å². The first-order valence-electron chi connectivity index (χ1n) is 5.21.